The maximum absolute atomic E-state index is 12.2. The number of piperidine rings is 1. The van der Waals surface area contributed by atoms with Crippen molar-refractivity contribution in [2.45, 2.75) is 63.3 Å². The summed E-state index contributed by atoms with van der Waals surface area (Å²) in [4.78, 5) is 12.2. The first-order chi connectivity index (χ1) is 10.8. The third kappa shape index (κ3) is 4.10. The molecule has 0 aromatic heterocycles. The molecule has 2 aliphatic rings. The van der Waals surface area contributed by atoms with Crippen LogP contribution in [0, 0.1) is 0 Å². The van der Waals surface area contributed by atoms with Gasteiger partial charge in [-0.3, -0.25) is 4.79 Å². The van der Waals surface area contributed by atoms with Crippen LogP contribution in [0.3, 0.4) is 0 Å². The van der Waals surface area contributed by atoms with E-state index < -0.39 is 0 Å². The van der Waals surface area contributed by atoms with Gasteiger partial charge in [0.05, 0.1) is 0 Å². The molecule has 1 atom stereocenters. The van der Waals surface area contributed by atoms with Crippen molar-refractivity contribution in [1.82, 2.24) is 10.6 Å². The van der Waals surface area contributed by atoms with Crippen LogP contribution in [0.15, 0.2) is 24.3 Å². The highest BCUT2D eigenvalue weighted by molar-refractivity contribution is 5.94. The molecular formula is C19H28N2O. The van der Waals surface area contributed by atoms with Crippen LogP contribution in [-0.4, -0.2) is 25.0 Å². The van der Waals surface area contributed by atoms with Gasteiger partial charge in [0.15, 0.2) is 0 Å². The summed E-state index contributed by atoms with van der Waals surface area (Å²) < 4.78 is 0. The molecule has 2 fully saturated rings. The van der Waals surface area contributed by atoms with Crippen molar-refractivity contribution in [2.75, 3.05) is 13.1 Å². The van der Waals surface area contributed by atoms with Crippen LogP contribution in [0.2, 0.25) is 0 Å². The zero-order valence-corrected chi connectivity index (χ0v) is 13.4. The smallest absolute Gasteiger partial charge is 0.251 e. The maximum atomic E-state index is 12.2. The minimum atomic E-state index is 0.0637. The zero-order valence-electron chi connectivity index (χ0n) is 13.4. The monoisotopic (exact) mass is 300 g/mol. The number of amides is 1. The molecule has 1 unspecified atom stereocenters. The lowest BCUT2D eigenvalue weighted by molar-refractivity contribution is 0.0951. The van der Waals surface area contributed by atoms with Crippen LogP contribution in [0.1, 0.15) is 73.2 Å². The number of carbonyl (C=O) groups excluding carboxylic acids is 1. The molecule has 0 radical (unpaired) electrons. The molecule has 1 aliphatic carbocycles. The number of benzene rings is 1. The third-order valence-corrected chi connectivity index (χ3v) is 5.19. The summed E-state index contributed by atoms with van der Waals surface area (Å²) in [5.41, 5.74) is 2.19. The predicted molar refractivity (Wildman–Crippen MR) is 90.2 cm³/mol. The van der Waals surface area contributed by atoms with Crippen LogP contribution in [-0.2, 0) is 0 Å². The fourth-order valence-electron chi connectivity index (χ4n) is 3.80. The molecule has 3 heteroatoms. The minimum absolute atomic E-state index is 0.0637. The fraction of sp³-hybridized carbons (Fsp3) is 0.632. The van der Waals surface area contributed by atoms with Gasteiger partial charge in [-0.1, -0.05) is 31.4 Å². The second-order valence-electron chi connectivity index (χ2n) is 6.79. The fourth-order valence-corrected chi connectivity index (χ4v) is 3.80. The van der Waals surface area contributed by atoms with Gasteiger partial charge in [-0.25, -0.2) is 0 Å². The normalized spacial score (nSPS) is 22.6. The molecule has 2 N–H and O–H groups in total. The summed E-state index contributed by atoms with van der Waals surface area (Å²) in [6.45, 7) is 1.89. The van der Waals surface area contributed by atoms with E-state index in [4.69, 9.17) is 0 Å². The Morgan fingerprint density at radius 3 is 2.45 bits per heavy atom. The molecule has 3 nitrogen and oxygen atoms in total. The quantitative estimate of drug-likeness (QED) is 0.872. The lowest BCUT2D eigenvalue weighted by Gasteiger charge is -2.23. The highest BCUT2D eigenvalue weighted by Crippen LogP contribution is 2.33. The van der Waals surface area contributed by atoms with E-state index in [0.29, 0.717) is 6.04 Å². The average molecular weight is 300 g/mol. The van der Waals surface area contributed by atoms with Gasteiger partial charge in [0.2, 0.25) is 0 Å². The molecule has 120 valence electrons. The lowest BCUT2D eigenvalue weighted by Crippen LogP contribution is -2.37. The molecule has 1 aromatic carbocycles. The van der Waals surface area contributed by atoms with Crippen LogP contribution in [0.25, 0.3) is 0 Å². The Labute approximate surface area is 133 Å². The van der Waals surface area contributed by atoms with Crippen molar-refractivity contribution in [3.63, 3.8) is 0 Å². The second kappa shape index (κ2) is 7.77. The SMILES string of the molecule is O=C(NCCC1CCCCN1)c1ccc(C2CCCC2)cc1. The Balaban J connectivity index is 1.45. The van der Waals surface area contributed by atoms with Gasteiger partial charge in [-0.15, -0.1) is 0 Å². The van der Waals surface area contributed by atoms with E-state index in [2.05, 4.69) is 22.8 Å². The van der Waals surface area contributed by atoms with Gasteiger partial charge in [0, 0.05) is 18.2 Å². The highest BCUT2D eigenvalue weighted by atomic mass is 16.1. The molecule has 1 saturated carbocycles. The Bertz CT molecular complexity index is 471. The molecular weight excluding hydrogens is 272 g/mol. The van der Waals surface area contributed by atoms with Gasteiger partial charge in [0.25, 0.3) is 5.91 Å². The number of hydrogen-bond acceptors (Lipinski definition) is 2. The first kappa shape index (κ1) is 15.5. The molecule has 1 aromatic rings. The van der Waals surface area contributed by atoms with E-state index in [1.165, 1.54) is 50.5 Å². The largest absolute Gasteiger partial charge is 0.352 e. The number of carbonyl (C=O) groups is 1. The lowest BCUT2D eigenvalue weighted by atomic mass is 9.96. The van der Waals surface area contributed by atoms with E-state index >= 15 is 0 Å². The van der Waals surface area contributed by atoms with E-state index in [-0.39, 0.29) is 5.91 Å². The summed E-state index contributed by atoms with van der Waals surface area (Å²) >= 11 is 0. The van der Waals surface area contributed by atoms with E-state index in [9.17, 15) is 4.79 Å². The molecule has 0 bridgehead atoms. The zero-order chi connectivity index (χ0) is 15.2. The first-order valence-corrected chi connectivity index (χ1v) is 8.94. The van der Waals surface area contributed by atoms with E-state index in [1.807, 2.05) is 12.1 Å². The van der Waals surface area contributed by atoms with Gasteiger partial charge in [-0.2, -0.15) is 0 Å². The van der Waals surface area contributed by atoms with Crippen molar-refractivity contribution in [1.29, 1.82) is 0 Å². The van der Waals surface area contributed by atoms with Gasteiger partial charge in [-0.05, 0) is 62.3 Å². The molecule has 1 heterocycles. The van der Waals surface area contributed by atoms with Crippen molar-refractivity contribution in [3.8, 4) is 0 Å². The standard InChI is InChI=1S/C19H28N2O/c22-19(21-14-12-18-7-3-4-13-20-18)17-10-8-16(9-11-17)15-5-1-2-6-15/h8-11,15,18,20H,1-7,12-14H2,(H,21,22). The number of hydrogen-bond donors (Lipinski definition) is 2. The predicted octanol–water partition coefficient (Wildman–Crippen LogP) is 3.61. The second-order valence-corrected chi connectivity index (χ2v) is 6.79. The van der Waals surface area contributed by atoms with Gasteiger partial charge < -0.3 is 10.6 Å². The van der Waals surface area contributed by atoms with Crippen LogP contribution < -0.4 is 10.6 Å². The third-order valence-electron chi connectivity index (χ3n) is 5.19. The number of nitrogens with one attached hydrogen (secondary N) is 2. The first-order valence-electron chi connectivity index (χ1n) is 8.94. The summed E-state index contributed by atoms with van der Waals surface area (Å²) in [5.74, 6) is 0.781. The molecule has 22 heavy (non-hydrogen) atoms. The highest BCUT2D eigenvalue weighted by Gasteiger charge is 2.17. The molecule has 1 saturated heterocycles. The Morgan fingerprint density at radius 1 is 1.05 bits per heavy atom. The van der Waals surface area contributed by atoms with E-state index in [1.54, 1.807) is 0 Å². The van der Waals surface area contributed by atoms with Gasteiger partial charge >= 0.3 is 0 Å². The van der Waals surface area contributed by atoms with Gasteiger partial charge in [0.1, 0.15) is 0 Å². The molecule has 1 amide bonds. The Morgan fingerprint density at radius 2 is 1.77 bits per heavy atom. The molecule has 3 rings (SSSR count). The Kier molecular flexibility index (Phi) is 5.49. The van der Waals surface area contributed by atoms with Crippen LogP contribution in [0.5, 0.6) is 0 Å². The number of rotatable bonds is 5. The average Bonchev–Trinajstić information content (AvgIpc) is 3.10. The minimum Gasteiger partial charge on any atom is -0.352 e. The van der Waals surface area contributed by atoms with Crippen molar-refractivity contribution >= 4 is 5.91 Å². The molecule has 1 aliphatic heterocycles. The summed E-state index contributed by atoms with van der Waals surface area (Å²) in [5, 5.41) is 6.58. The molecule has 0 spiro atoms. The topological polar surface area (TPSA) is 41.1 Å². The van der Waals surface area contributed by atoms with Crippen LogP contribution >= 0.6 is 0 Å². The Hall–Kier alpha value is -1.35. The summed E-state index contributed by atoms with van der Waals surface area (Å²) in [6, 6.07) is 8.85. The summed E-state index contributed by atoms with van der Waals surface area (Å²) in [7, 11) is 0. The van der Waals surface area contributed by atoms with E-state index in [0.717, 1.165) is 31.0 Å². The van der Waals surface area contributed by atoms with Crippen molar-refractivity contribution < 1.29 is 4.79 Å². The van der Waals surface area contributed by atoms with Crippen molar-refractivity contribution in [2.24, 2.45) is 0 Å². The van der Waals surface area contributed by atoms with Crippen molar-refractivity contribution in [3.05, 3.63) is 35.4 Å². The maximum Gasteiger partial charge on any atom is 0.251 e. The summed E-state index contributed by atoms with van der Waals surface area (Å²) in [6.07, 6.45) is 10.2. The van der Waals surface area contributed by atoms with Crippen LogP contribution in [0.4, 0.5) is 0 Å².